The van der Waals surface area contributed by atoms with E-state index in [2.05, 4.69) is 13.8 Å². The van der Waals surface area contributed by atoms with Crippen LogP contribution in [0.2, 0.25) is 0 Å². The van der Waals surface area contributed by atoms with E-state index in [1.807, 2.05) is 0 Å². The molecule has 0 aliphatic heterocycles. The van der Waals surface area contributed by atoms with Crippen LogP contribution in [-0.2, 0) is 0 Å². The van der Waals surface area contributed by atoms with Crippen LogP contribution in [0, 0.1) is 11.8 Å². The molecule has 0 radical (unpaired) electrons. The van der Waals surface area contributed by atoms with Gasteiger partial charge in [-0.25, -0.2) is 0 Å². The lowest BCUT2D eigenvalue weighted by Crippen LogP contribution is -2.33. The lowest BCUT2D eigenvalue weighted by Gasteiger charge is -2.28. The maximum absolute atomic E-state index is 6.27. The van der Waals surface area contributed by atoms with Crippen LogP contribution in [0.15, 0.2) is 0 Å². The number of hydrogen-bond donors (Lipinski definition) is 1. The fourth-order valence-corrected chi connectivity index (χ4v) is 2.72. The summed E-state index contributed by atoms with van der Waals surface area (Å²) in [6, 6.07) is 0.466. The van der Waals surface area contributed by atoms with E-state index in [4.69, 9.17) is 5.73 Å². The van der Waals surface area contributed by atoms with Crippen molar-refractivity contribution in [3.63, 3.8) is 0 Å². The number of rotatable bonds is 1. The molecule has 0 aromatic carbocycles. The van der Waals surface area contributed by atoms with E-state index in [9.17, 15) is 0 Å². The normalized spacial score (nSPS) is 31.7. The molecule has 1 aliphatic carbocycles. The van der Waals surface area contributed by atoms with Gasteiger partial charge in [0.1, 0.15) is 0 Å². The van der Waals surface area contributed by atoms with Crippen molar-refractivity contribution in [1.82, 2.24) is 0 Å². The predicted molar refractivity (Wildman–Crippen MR) is 63.2 cm³/mol. The molecule has 84 valence electrons. The zero-order chi connectivity index (χ0) is 10.4. The summed E-state index contributed by atoms with van der Waals surface area (Å²) in [5.41, 5.74) is 6.27. The third-order valence-corrected chi connectivity index (χ3v) is 3.73. The van der Waals surface area contributed by atoms with Gasteiger partial charge in [0.25, 0.3) is 0 Å². The average Bonchev–Trinajstić information content (AvgIpc) is 2.15. The first-order valence-corrected chi connectivity index (χ1v) is 6.47. The van der Waals surface area contributed by atoms with Gasteiger partial charge in [-0.15, -0.1) is 0 Å². The number of hydrogen-bond acceptors (Lipinski definition) is 1. The molecule has 2 N–H and O–H groups in total. The molecule has 2 atom stereocenters. The van der Waals surface area contributed by atoms with Gasteiger partial charge in [0.2, 0.25) is 0 Å². The molecule has 2 unspecified atom stereocenters. The van der Waals surface area contributed by atoms with Crippen molar-refractivity contribution in [2.24, 2.45) is 17.6 Å². The Morgan fingerprint density at radius 2 is 1.36 bits per heavy atom. The largest absolute Gasteiger partial charge is 0.327 e. The third-order valence-electron chi connectivity index (χ3n) is 3.73. The summed E-state index contributed by atoms with van der Waals surface area (Å²) in [5.74, 6) is 1.54. The van der Waals surface area contributed by atoms with Gasteiger partial charge in [-0.3, -0.25) is 0 Å². The van der Waals surface area contributed by atoms with Gasteiger partial charge in [0.05, 0.1) is 0 Å². The quantitative estimate of drug-likeness (QED) is 0.681. The summed E-state index contributed by atoms with van der Waals surface area (Å²) < 4.78 is 0. The lowest BCUT2D eigenvalue weighted by atomic mass is 9.81. The molecule has 0 aromatic heterocycles. The van der Waals surface area contributed by atoms with Crippen LogP contribution in [0.4, 0.5) is 0 Å². The van der Waals surface area contributed by atoms with Crippen LogP contribution in [-0.4, -0.2) is 6.04 Å². The Kier molecular flexibility index (Phi) is 5.54. The van der Waals surface area contributed by atoms with Crippen molar-refractivity contribution in [3.05, 3.63) is 0 Å². The average molecular weight is 197 g/mol. The molecule has 1 nitrogen and oxygen atoms in total. The molecular formula is C13H27N. The maximum atomic E-state index is 6.27. The molecule has 0 heterocycles. The van der Waals surface area contributed by atoms with Crippen molar-refractivity contribution < 1.29 is 0 Å². The first-order valence-electron chi connectivity index (χ1n) is 6.47. The van der Waals surface area contributed by atoms with Crippen molar-refractivity contribution in [2.45, 2.75) is 71.3 Å². The minimum atomic E-state index is 0.466. The van der Waals surface area contributed by atoms with E-state index in [-0.39, 0.29) is 0 Å². The molecule has 1 saturated carbocycles. The van der Waals surface area contributed by atoms with Crippen LogP contribution in [0.1, 0.15) is 65.2 Å². The maximum Gasteiger partial charge on any atom is 0.00696 e. The second kappa shape index (κ2) is 6.44. The molecular weight excluding hydrogens is 170 g/mol. The molecule has 14 heavy (non-hydrogen) atoms. The summed E-state index contributed by atoms with van der Waals surface area (Å²) in [5, 5.41) is 0. The zero-order valence-electron chi connectivity index (χ0n) is 9.97. The number of nitrogens with two attached hydrogens (primary N) is 1. The van der Waals surface area contributed by atoms with E-state index in [0.29, 0.717) is 6.04 Å². The van der Waals surface area contributed by atoms with Gasteiger partial charge in [-0.2, -0.15) is 0 Å². The molecule has 1 fully saturated rings. The van der Waals surface area contributed by atoms with Crippen LogP contribution in [0.5, 0.6) is 0 Å². The van der Waals surface area contributed by atoms with Crippen LogP contribution in [0.3, 0.4) is 0 Å². The van der Waals surface area contributed by atoms with Gasteiger partial charge >= 0.3 is 0 Å². The highest BCUT2D eigenvalue weighted by atomic mass is 14.6. The van der Waals surface area contributed by atoms with Crippen LogP contribution < -0.4 is 5.73 Å². The topological polar surface area (TPSA) is 26.0 Å². The van der Waals surface area contributed by atoms with Crippen LogP contribution >= 0.6 is 0 Å². The minimum absolute atomic E-state index is 0.466. The Labute approximate surface area is 89.5 Å². The van der Waals surface area contributed by atoms with Crippen molar-refractivity contribution in [1.29, 1.82) is 0 Å². The highest BCUT2D eigenvalue weighted by Gasteiger charge is 2.20. The Balaban J connectivity index is 2.42. The van der Waals surface area contributed by atoms with Crippen molar-refractivity contribution >= 4 is 0 Å². The first-order chi connectivity index (χ1) is 6.72. The summed E-state index contributed by atoms with van der Waals surface area (Å²) in [4.78, 5) is 0. The van der Waals surface area contributed by atoms with Gasteiger partial charge in [-0.1, -0.05) is 52.4 Å². The highest BCUT2D eigenvalue weighted by molar-refractivity contribution is 4.76. The van der Waals surface area contributed by atoms with Crippen LogP contribution in [0.25, 0.3) is 0 Å². The predicted octanol–water partition coefficient (Wildman–Crippen LogP) is 3.72. The van der Waals surface area contributed by atoms with Crippen molar-refractivity contribution in [3.8, 4) is 0 Å². The van der Waals surface area contributed by atoms with Gasteiger partial charge in [0.15, 0.2) is 0 Å². The molecule has 0 spiro atoms. The zero-order valence-corrected chi connectivity index (χ0v) is 9.97. The van der Waals surface area contributed by atoms with Gasteiger partial charge < -0.3 is 5.73 Å². The SMILES string of the molecule is CC(C)C1CCCCCCCCC1N. The molecule has 1 rings (SSSR count). The molecule has 0 aromatic rings. The van der Waals surface area contributed by atoms with Crippen molar-refractivity contribution in [2.75, 3.05) is 0 Å². The molecule has 0 amide bonds. The fraction of sp³-hybridized carbons (Fsp3) is 1.00. The van der Waals surface area contributed by atoms with Gasteiger partial charge in [0, 0.05) is 6.04 Å². The molecule has 0 bridgehead atoms. The van der Waals surface area contributed by atoms with E-state index in [0.717, 1.165) is 11.8 Å². The summed E-state index contributed by atoms with van der Waals surface area (Å²) in [7, 11) is 0. The Morgan fingerprint density at radius 1 is 0.857 bits per heavy atom. The van der Waals surface area contributed by atoms with E-state index in [1.165, 1.54) is 51.4 Å². The Bertz CT molecular complexity index is 142. The second-order valence-electron chi connectivity index (χ2n) is 5.27. The molecule has 1 heteroatoms. The third kappa shape index (κ3) is 4.00. The monoisotopic (exact) mass is 197 g/mol. The van der Waals surface area contributed by atoms with Gasteiger partial charge in [-0.05, 0) is 24.7 Å². The summed E-state index contributed by atoms with van der Waals surface area (Å²) in [6.45, 7) is 4.66. The van der Waals surface area contributed by atoms with E-state index in [1.54, 1.807) is 0 Å². The highest BCUT2D eigenvalue weighted by Crippen LogP contribution is 2.26. The van der Waals surface area contributed by atoms with E-state index < -0.39 is 0 Å². The molecule has 1 aliphatic rings. The summed E-state index contributed by atoms with van der Waals surface area (Å²) in [6.07, 6.45) is 11.1. The lowest BCUT2D eigenvalue weighted by molar-refractivity contribution is 0.268. The summed E-state index contributed by atoms with van der Waals surface area (Å²) >= 11 is 0. The minimum Gasteiger partial charge on any atom is -0.327 e. The smallest absolute Gasteiger partial charge is 0.00696 e. The fourth-order valence-electron chi connectivity index (χ4n) is 2.72. The second-order valence-corrected chi connectivity index (χ2v) is 5.27. The molecule has 0 saturated heterocycles. The Hall–Kier alpha value is -0.0400. The Morgan fingerprint density at radius 3 is 1.93 bits per heavy atom. The van der Waals surface area contributed by atoms with E-state index >= 15 is 0 Å². The standard InChI is InChI=1S/C13H27N/c1-11(2)12-9-7-5-3-4-6-8-10-13(12)14/h11-13H,3-10,14H2,1-2H3. The first kappa shape index (κ1) is 12.0.